The minimum absolute atomic E-state index is 0.999. The Hall–Kier alpha value is -1.44. The van der Waals surface area contributed by atoms with E-state index >= 15 is 0 Å². The van der Waals surface area contributed by atoms with Crippen molar-refractivity contribution in [1.29, 1.82) is 0 Å². The van der Waals surface area contributed by atoms with Crippen molar-refractivity contribution in [3.63, 3.8) is 0 Å². The first-order chi connectivity index (χ1) is 7.08. The minimum atomic E-state index is 0.999. The third kappa shape index (κ3) is 2.75. The van der Waals surface area contributed by atoms with Crippen LogP contribution in [0.2, 0.25) is 0 Å². The van der Waals surface area contributed by atoms with Gasteiger partial charge in [0.25, 0.3) is 0 Å². The third-order valence-electron chi connectivity index (χ3n) is 2.37. The Balaban J connectivity index is 3.11. The Kier molecular flexibility index (Phi) is 3.78. The fourth-order valence-corrected chi connectivity index (χ4v) is 1.57. The van der Waals surface area contributed by atoms with E-state index in [0.29, 0.717) is 0 Å². The van der Waals surface area contributed by atoms with Gasteiger partial charge < -0.3 is 10.6 Å². The van der Waals surface area contributed by atoms with Gasteiger partial charge >= 0.3 is 0 Å². The third-order valence-corrected chi connectivity index (χ3v) is 2.37. The molecule has 0 amide bonds. The van der Waals surface area contributed by atoms with Gasteiger partial charge in [0.1, 0.15) is 0 Å². The molecule has 1 aliphatic heterocycles. The lowest BCUT2D eigenvalue weighted by molar-refractivity contribution is 0.876. The average Bonchev–Trinajstić information content (AvgIpc) is 2.17. The summed E-state index contributed by atoms with van der Waals surface area (Å²) in [4.78, 5) is 0. The highest BCUT2D eigenvalue weighted by atomic mass is 15.0. The summed E-state index contributed by atoms with van der Waals surface area (Å²) in [6.45, 7) is 10.3. The smallest absolute Gasteiger partial charge is 0.0619 e. The van der Waals surface area contributed by atoms with Crippen molar-refractivity contribution in [1.82, 2.24) is 10.6 Å². The summed E-state index contributed by atoms with van der Waals surface area (Å²) >= 11 is 0. The van der Waals surface area contributed by atoms with Gasteiger partial charge in [0.15, 0.2) is 0 Å². The predicted octanol–water partition coefficient (Wildman–Crippen LogP) is 2.84. The molecule has 0 unspecified atom stereocenters. The maximum absolute atomic E-state index is 4.02. The molecule has 2 heteroatoms. The van der Waals surface area contributed by atoms with Crippen LogP contribution in [0.4, 0.5) is 0 Å². The van der Waals surface area contributed by atoms with Crippen LogP contribution < -0.4 is 10.6 Å². The molecule has 1 rings (SSSR count). The molecular formula is C13H20N2. The highest BCUT2D eigenvalue weighted by molar-refractivity contribution is 5.46. The van der Waals surface area contributed by atoms with E-state index in [1.807, 2.05) is 7.05 Å². The molecule has 0 aromatic carbocycles. The number of nitrogens with one attached hydrogen (secondary N) is 2. The molecule has 1 heterocycles. The highest BCUT2D eigenvalue weighted by Gasteiger charge is 2.12. The van der Waals surface area contributed by atoms with Crippen LogP contribution in [-0.2, 0) is 0 Å². The number of likely N-dealkylation sites (N-methyl/N-ethyl adjacent to an activating group) is 1. The monoisotopic (exact) mass is 204 g/mol. The summed E-state index contributed by atoms with van der Waals surface area (Å²) in [6, 6.07) is 0. The van der Waals surface area contributed by atoms with Crippen LogP contribution in [0.3, 0.4) is 0 Å². The van der Waals surface area contributed by atoms with Crippen molar-refractivity contribution < 1.29 is 0 Å². The quantitative estimate of drug-likeness (QED) is 0.738. The maximum atomic E-state index is 4.02. The van der Waals surface area contributed by atoms with E-state index in [2.05, 4.69) is 50.1 Å². The standard InChI is InChI=1S/C13H20N2/c1-6-11-8-12(14-5)13(7-9(2)3)15-10(11)4/h7-8,14-15H,4,6H2,1-3,5H3. The minimum Gasteiger partial charge on any atom is -0.386 e. The number of hydrogen-bond acceptors (Lipinski definition) is 2. The van der Waals surface area contributed by atoms with Crippen LogP contribution in [0, 0.1) is 0 Å². The van der Waals surface area contributed by atoms with E-state index in [1.165, 1.54) is 11.1 Å². The van der Waals surface area contributed by atoms with E-state index in [4.69, 9.17) is 0 Å². The van der Waals surface area contributed by atoms with Crippen molar-refractivity contribution in [2.45, 2.75) is 27.2 Å². The summed E-state index contributed by atoms with van der Waals surface area (Å²) < 4.78 is 0. The summed E-state index contributed by atoms with van der Waals surface area (Å²) in [6.07, 6.45) is 5.28. The predicted molar refractivity (Wildman–Crippen MR) is 66.2 cm³/mol. The molecule has 0 fully saturated rings. The fourth-order valence-electron chi connectivity index (χ4n) is 1.57. The second kappa shape index (κ2) is 4.87. The first kappa shape index (κ1) is 11.6. The molecule has 0 aromatic heterocycles. The van der Waals surface area contributed by atoms with E-state index < -0.39 is 0 Å². The van der Waals surface area contributed by atoms with Gasteiger partial charge in [0, 0.05) is 12.7 Å². The van der Waals surface area contributed by atoms with Crippen molar-refractivity contribution >= 4 is 0 Å². The highest BCUT2D eigenvalue weighted by Crippen LogP contribution is 2.21. The molecule has 0 bridgehead atoms. The number of hydrogen-bond donors (Lipinski definition) is 2. The lowest BCUT2D eigenvalue weighted by Gasteiger charge is -2.22. The number of rotatable bonds is 3. The van der Waals surface area contributed by atoms with Gasteiger partial charge in [-0.15, -0.1) is 0 Å². The fraction of sp³-hybridized carbons (Fsp3) is 0.385. The molecule has 2 N–H and O–H groups in total. The van der Waals surface area contributed by atoms with Crippen LogP contribution >= 0.6 is 0 Å². The van der Waals surface area contributed by atoms with Crippen LogP contribution in [0.1, 0.15) is 27.2 Å². The molecule has 0 spiro atoms. The SMILES string of the molecule is C=C1NC(C=C(C)C)=C(NC)C=C1CC. The Bertz CT molecular complexity index is 353. The summed E-state index contributed by atoms with van der Waals surface area (Å²) in [7, 11) is 1.94. The van der Waals surface area contributed by atoms with Gasteiger partial charge in [-0.2, -0.15) is 0 Å². The average molecular weight is 204 g/mol. The Morgan fingerprint density at radius 2 is 2.20 bits per heavy atom. The Morgan fingerprint density at radius 1 is 1.53 bits per heavy atom. The Labute approximate surface area is 92.5 Å². The van der Waals surface area contributed by atoms with Gasteiger partial charge in [0.05, 0.1) is 11.4 Å². The van der Waals surface area contributed by atoms with Crippen molar-refractivity contribution in [2.75, 3.05) is 7.05 Å². The maximum Gasteiger partial charge on any atom is 0.0619 e. The van der Waals surface area contributed by atoms with E-state index in [0.717, 1.165) is 23.5 Å². The first-order valence-electron chi connectivity index (χ1n) is 5.32. The van der Waals surface area contributed by atoms with Gasteiger partial charge in [-0.25, -0.2) is 0 Å². The molecule has 0 aliphatic carbocycles. The normalized spacial score (nSPS) is 15.7. The van der Waals surface area contributed by atoms with Crippen LogP contribution in [-0.4, -0.2) is 7.05 Å². The van der Waals surface area contributed by atoms with Crippen LogP contribution in [0.15, 0.2) is 47.0 Å². The summed E-state index contributed by atoms with van der Waals surface area (Å²) in [5.74, 6) is 0. The number of allylic oxidation sites excluding steroid dienone is 4. The van der Waals surface area contributed by atoms with Gasteiger partial charge in [-0.05, 0) is 38.0 Å². The molecule has 2 nitrogen and oxygen atoms in total. The molecule has 15 heavy (non-hydrogen) atoms. The van der Waals surface area contributed by atoms with Crippen LogP contribution in [0.5, 0.6) is 0 Å². The lowest BCUT2D eigenvalue weighted by atomic mass is 10.0. The lowest BCUT2D eigenvalue weighted by Crippen LogP contribution is -2.23. The zero-order valence-corrected chi connectivity index (χ0v) is 10.1. The summed E-state index contributed by atoms with van der Waals surface area (Å²) in [5.41, 5.74) is 5.75. The van der Waals surface area contributed by atoms with Crippen molar-refractivity contribution in [3.8, 4) is 0 Å². The van der Waals surface area contributed by atoms with Crippen molar-refractivity contribution in [2.24, 2.45) is 0 Å². The van der Waals surface area contributed by atoms with Gasteiger partial charge in [-0.1, -0.05) is 19.1 Å². The Morgan fingerprint density at radius 3 is 2.67 bits per heavy atom. The zero-order valence-electron chi connectivity index (χ0n) is 10.1. The molecule has 82 valence electrons. The second-order valence-electron chi connectivity index (χ2n) is 3.93. The molecule has 0 aromatic rings. The molecule has 0 radical (unpaired) electrons. The van der Waals surface area contributed by atoms with Gasteiger partial charge in [-0.3, -0.25) is 0 Å². The van der Waals surface area contributed by atoms with Gasteiger partial charge in [0.2, 0.25) is 0 Å². The molecule has 0 saturated carbocycles. The largest absolute Gasteiger partial charge is 0.386 e. The second-order valence-corrected chi connectivity index (χ2v) is 3.93. The molecule has 0 saturated heterocycles. The molecular weight excluding hydrogens is 184 g/mol. The van der Waals surface area contributed by atoms with E-state index in [-0.39, 0.29) is 0 Å². The molecule has 1 aliphatic rings. The van der Waals surface area contributed by atoms with Crippen molar-refractivity contribution in [3.05, 3.63) is 47.0 Å². The van der Waals surface area contributed by atoms with E-state index in [9.17, 15) is 0 Å². The summed E-state index contributed by atoms with van der Waals surface area (Å²) in [5, 5.41) is 6.53. The molecule has 0 atom stereocenters. The van der Waals surface area contributed by atoms with Crippen LogP contribution in [0.25, 0.3) is 0 Å². The van der Waals surface area contributed by atoms with E-state index in [1.54, 1.807) is 0 Å². The first-order valence-corrected chi connectivity index (χ1v) is 5.32. The topological polar surface area (TPSA) is 24.1 Å². The number of dihydropyridines is 1. The zero-order chi connectivity index (χ0) is 11.4.